The number of nitrogens with zero attached hydrogens (tertiary/aromatic N) is 2. The Kier molecular flexibility index (Phi) is 4.70. The van der Waals surface area contributed by atoms with E-state index in [1.54, 1.807) is 0 Å². The molecule has 118 valence electrons. The molecule has 0 spiro atoms. The molecule has 0 amide bonds. The van der Waals surface area contributed by atoms with Crippen LogP contribution in [0.15, 0.2) is 57.5 Å². The molecule has 3 rings (SSSR count). The quantitative estimate of drug-likeness (QED) is 0.553. The van der Waals surface area contributed by atoms with Gasteiger partial charge in [-0.15, -0.1) is 0 Å². The monoisotopic (exact) mass is 441 g/mol. The largest absolute Gasteiger partial charge is 0.383 e. The number of benzene rings is 2. The first-order chi connectivity index (χ1) is 11.5. The van der Waals surface area contributed by atoms with E-state index >= 15 is 0 Å². The van der Waals surface area contributed by atoms with Gasteiger partial charge in [0.2, 0.25) is 0 Å². The van der Waals surface area contributed by atoms with Crippen molar-refractivity contribution in [1.82, 2.24) is 4.98 Å². The number of rotatable bonds is 2. The van der Waals surface area contributed by atoms with Crippen LogP contribution < -0.4 is 5.73 Å². The van der Waals surface area contributed by atoms with Gasteiger partial charge in [-0.25, -0.2) is 4.98 Å². The second kappa shape index (κ2) is 6.76. The maximum Gasteiger partial charge on any atom is 0.142 e. The molecule has 0 atom stereocenters. The molecule has 24 heavy (non-hydrogen) atoms. The van der Waals surface area contributed by atoms with Crippen molar-refractivity contribution >= 4 is 37.7 Å². The normalized spacial score (nSPS) is 10.4. The molecule has 5 heteroatoms. The molecular formula is C19H13Br2N3. The third-order valence-electron chi connectivity index (χ3n) is 3.81. The maximum absolute atomic E-state index is 9.56. The molecule has 3 nitrogen and oxygen atoms in total. The fraction of sp³-hybridized carbons (Fsp3) is 0.0526. The molecule has 1 aromatic heterocycles. The fourth-order valence-corrected chi connectivity index (χ4v) is 3.36. The van der Waals surface area contributed by atoms with Gasteiger partial charge >= 0.3 is 0 Å². The van der Waals surface area contributed by atoms with Crippen LogP contribution in [0.5, 0.6) is 0 Å². The zero-order chi connectivity index (χ0) is 17.3. The summed E-state index contributed by atoms with van der Waals surface area (Å²) in [6.07, 6.45) is 0. The van der Waals surface area contributed by atoms with Gasteiger partial charge in [0.05, 0.1) is 5.69 Å². The van der Waals surface area contributed by atoms with E-state index < -0.39 is 0 Å². The van der Waals surface area contributed by atoms with E-state index in [-0.39, 0.29) is 5.82 Å². The van der Waals surface area contributed by atoms with Gasteiger partial charge in [0.15, 0.2) is 0 Å². The van der Waals surface area contributed by atoms with Crippen molar-refractivity contribution in [3.63, 3.8) is 0 Å². The van der Waals surface area contributed by atoms with E-state index in [1.165, 1.54) is 0 Å². The van der Waals surface area contributed by atoms with E-state index in [2.05, 4.69) is 42.9 Å². The molecule has 0 aliphatic heterocycles. The van der Waals surface area contributed by atoms with E-state index in [0.29, 0.717) is 5.56 Å². The maximum atomic E-state index is 9.56. The molecular weight excluding hydrogens is 430 g/mol. The van der Waals surface area contributed by atoms with Crippen LogP contribution in [0.3, 0.4) is 0 Å². The molecule has 0 radical (unpaired) electrons. The topological polar surface area (TPSA) is 62.7 Å². The van der Waals surface area contributed by atoms with Gasteiger partial charge in [-0.05, 0) is 42.3 Å². The minimum Gasteiger partial charge on any atom is -0.383 e. The summed E-state index contributed by atoms with van der Waals surface area (Å²) in [6, 6.07) is 17.9. The van der Waals surface area contributed by atoms with Crippen LogP contribution in [-0.4, -0.2) is 4.98 Å². The van der Waals surface area contributed by atoms with E-state index in [4.69, 9.17) is 5.73 Å². The average molecular weight is 443 g/mol. The van der Waals surface area contributed by atoms with Crippen LogP contribution in [0.2, 0.25) is 0 Å². The van der Waals surface area contributed by atoms with E-state index in [1.807, 2.05) is 55.5 Å². The molecule has 0 bridgehead atoms. The van der Waals surface area contributed by atoms with Crippen molar-refractivity contribution in [2.24, 2.45) is 0 Å². The molecule has 0 saturated heterocycles. The van der Waals surface area contributed by atoms with Crippen molar-refractivity contribution < 1.29 is 0 Å². The Hall–Kier alpha value is -2.16. The summed E-state index contributed by atoms with van der Waals surface area (Å²) in [7, 11) is 0. The molecule has 3 aromatic rings. The molecule has 0 aliphatic rings. The molecule has 2 N–H and O–H groups in total. The number of nitriles is 1. The Morgan fingerprint density at radius 2 is 1.71 bits per heavy atom. The summed E-state index contributed by atoms with van der Waals surface area (Å²) in [4.78, 5) is 4.48. The van der Waals surface area contributed by atoms with Crippen LogP contribution in [0.4, 0.5) is 5.82 Å². The average Bonchev–Trinajstić information content (AvgIpc) is 2.57. The Bertz CT molecular complexity index is 958. The van der Waals surface area contributed by atoms with Gasteiger partial charge in [-0.3, -0.25) is 0 Å². The number of anilines is 1. The Balaban J connectivity index is 2.32. The van der Waals surface area contributed by atoms with Crippen LogP contribution in [0.25, 0.3) is 22.4 Å². The van der Waals surface area contributed by atoms with Gasteiger partial charge in [-0.2, -0.15) is 5.26 Å². The minimum atomic E-state index is 0.246. The zero-order valence-electron chi connectivity index (χ0n) is 12.8. The predicted octanol–water partition coefficient (Wildman–Crippen LogP) is 5.70. The predicted molar refractivity (Wildman–Crippen MR) is 104 cm³/mol. The molecule has 1 heterocycles. The number of halogens is 2. The highest BCUT2D eigenvalue weighted by atomic mass is 79.9. The highest BCUT2D eigenvalue weighted by Gasteiger charge is 2.18. The second-order valence-corrected chi connectivity index (χ2v) is 7.18. The zero-order valence-corrected chi connectivity index (χ0v) is 16.0. The van der Waals surface area contributed by atoms with Crippen LogP contribution in [0, 0.1) is 18.3 Å². The van der Waals surface area contributed by atoms with Gasteiger partial charge in [-0.1, -0.05) is 56.1 Å². The van der Waals surface area contributed by atoms with Crippen molar-refractivity contribution in [1.29, 1.82) is 5.26 Å². The lowest BCUT2D eigenvalue weighted by molar-refractivity contribution is 1.26. The Labute approximate surface area is 157 Å². The lowest BCUT2D eigenvalue weighted by Gasteiger charge is -2.15. The third-order valence-corrected chi connectivity index (χ3v) is 4.83. The number of aromatic nitrogens is 1. The van der Waals surface area contributed by atoms with Crippen molar-refractivity contribution in [3.05, 3.63) is 68.6 Å². The van der Waals surface area contributed by atoms with Crippen molar-refractivity contribution in [2.45, 2.75) is 6.92 Å². The molecule has 0 aliphatic carbocycles. The summed E-state index contributed by atoms with van der Waals surface area (Å²) >= 11 is 6.92. The van der Waals surface area contributed by atoms with Crippen molar-refractivity contribution in [2.75, 3.05) is 5.73 Å². The highest BCUT2D eigenvalue weighted by Crippen LogP contribution is 2.36. The van der Waals surface area contributed by atoms with Crippen molar-refractivity contribution in [3.8, 4) is 28.5 Å². The second-order valence-electron chi connectivity index (χ2n) is 5.35. The number of pyridine rings is 1. The lowest BCUT2D eigenvalue weighted by atomic mass is 9.93. The summed E-state index contributed by atoms with van der Waals surface area (Å²) in [6.45, 7) is 1.97. The van der Waals surface area contributed by atoms with Gasteiger partial charge in [0.1, 0.15) is 17.5 Å². The number of nitrogens with two attached hydrogens (primary N) is 1. The SMILES string of the molecule is Cc1c(-c2ccc(Br)cc2)nc(N)c(C#N)c1-c1cccc(Br)c1. The van der Waals surface area contributed by atoms with Gasteiger partial charge < -0.3 is 5.73 Å². The van der Waals surface area contributed by atoms with E-state index in [9.17, 15) is 5.26 Å². The molecule has 0 unspecified atom stereocenters. The Morgan fingerprint density at radius 3 is 2.33 bits per heavy atom. The van der Waals surface area contributed by atoms with Gasteiger partial charge in [0, 0.05) is 20.1 Å². The summed E-state index contributed by atoms with van der Waals surface area (Å²) in [5.41, 5.74) is 10.9. The van der Waals surface area contributed by atoms with Crippen LogP contribution >= 0.6 is 31.9 Å². The number of hydrogen-bond donors (Lipinski definition) is 1. The number of nitrogen functional groups attached to an aromatic ring is 1. The minimum absolute atomic E-state index is 0.246. The summed E-state index contributed by atoms with van der Waals surface area (Å²) in [5, 5.41) is 9.56. The number of hydrogen-bond acceptors (Lipinski definition) is 3. The molecule has 0 fully saturated rings. The van der Waals surface area contributed by atoms with Crippen LogP contribution in [0.1, 0.15) is 11.1 Å². The standard InChI is InChI=1S/C19H13Br2N3/c1-11-17(13-3-2-4-15(21)9-13)16(10-22)19(23)24-18(11)12-5-7-14(20)8-6-12/h2-9H,1H3,(H2,23,24). The molecule has 2 aromatic carbocycles. The highest BCUT2D eigenvalue weighted by molar-refractivity contribution is 9.10. The first kappa shape index (κ1) is 16.7. The summed E-state index contributed by atoms with van der Waals surface area (Å²) in [5.74, 6) is 0.246. The summed E-state index contributed by atoms with van der Waals surface area (Å²) < 4.78 is 1.95. The van der Waals surface area contributed by atoms with Gasteiger partial charge in [0.25, 0.3) is 0 Å². The first-order valence-corrected chi connectivity index (χ1v) is 8.82. The fourth-order valence-electron chi connectivity index (χ4n) is 2.70. The first-order valence-electron chi connectivity index (χ1n) is 7.23. The smallest absolute Gasteiger partial charge is 0.142 e. The lowest BCUT2D eigenvalue weighted by Crippen LogP contribution is -2.03. The van der Waals surface area contributed by atoms with E-state index in [0.717, 1.165) is 36.9 Å². The van der Waals surface area contributed by atoms with Crippen LogP contribution in [-0.2, 0) is 0 Å². The Morgan fingerprint density at radius 1 is 1.00 bits per heavy atom. The molecule has 0 saturated carbocycles. The third kappa shape index (κ3) is 3.08.